The van der Waals surface area contributed by atoms with Gasteiger partial charge in [0.05, 0.1) is 24.1 Å². The van der Waals surface area contributed by atoms with Crippen molar-refractivity contribution in [1.29, 1.82) is 0 Å². The average molecular weight is 604 g/mol. The summed E-state index contributed by atoms with van der Waals surface area (Å²) in [5, 5.41) is 18.3. The van der Waals surface area contributed by atoms with Crippen LogP contribution in [0.15, 0.2) is 93.6 Å². The van der Waals surface area contributed by atoms with Crippen molar-refractivity contribution in [2.45, 2.75) is 31.1 Å². The van der Waals surface area contributed by atoms with E-state index < -0.39 is 0 Å². The second-order valence-corrected chi connectivity index (χ2v) is 11.1. The molecule has 198 valence electrons. The summed E-state index contributed by atoms with van der Waals surface area (Å²) in [6, 6.07) is 25.0. The quantitative estimate of drug-likeness (QED) is 0.277. The van der Waals surface area contributed by atoms with Gasteiger partial charge in [-0.15, -0.1) is 10.2 Å². The van der Waals surface area contributed by atoms with Crippen LogP contribution >= 0.6 is 27.7 Å². The summed E-state index contributed by atoms with van der Waals surface area (Å²) in [5.74, 6) is 0.462. The first-order valence-corrected chi connectivity index (χ1v) is 14.2. The van der Waals surface area contributed by atoms with Gasteiger partial charge in [-0.05, 0) is 42.3 Å². The number of benzene rings is 3. The normalized spacial score (nSPS) is 14.8. The lowest BCUT2D eigenvalue weighted by molar-refractivity contribution is -0.130. The van der Waals surface area contributed by atoms with Gasteiger partial charge in [0.2, 0.25) is 0 Å². The summed E-state index contributed by atoms with van der Waals surface area (Å²) in [6.07, 6.45) is 0.635. The monoisotopic (exact) mass is 602 g/mol. The number of nitrogens with one attached hydrogen (secondary N) is 1. The molecule has 0 radical (unpaired) electrons. The highest BCUT2D eigenvalue weighted by molar-refractivity contribution is 9.10. The molecular formula is C29H27BrN6O2S. The highest BCUT2D eigenvalue weighted by Crippen LogP contribution is 2.34. The average Bonchev–Trinajstić information content (AvgIpc) is 3.55. The topological polar surface area (TPSA) is 92.5 Å². The summed E-state index contributed by atoms with van der Waals surface area (Å²) in [7, 11) is 1.82. The van der Waals surface area contributed by atoms with Gasteiger partial charge in [0.15, 0.2) is 11.0 Å². The fourth-order valence-corrected chi connectivity index (χ4v) is 5.32. The number of aryl methyl sites for hydroxylation is 1. The third-order valence-corrected chi connectivity index (χ3v) is 8.03. The summed E-state index contributed by atoms with van der Waals surface area (Å²) in [4.78, 5) is 25.8. The van der Waals surface area contributed by atoms with Crippen LogP contribution in [0.4, 0.5) is 0 Å². The molecule has 39 heavy (non-hydrogen) atoms. The molecule has 3 aromatic carbocycles. The standard InChI is InChI=1S/C29H27BrN6O2S/c1-19-8-10-21(11-9-19)25-16-24(20-12-14-23(30)15-13-20)34-36(25)27(37)18-39-29-33-32-26(35(29)2)17-31-28(38)22-6-4-3-5-7-22/h3-15,25H,16-18H2,1-2H3,(H,31,38)/t25-/m1/s1. The van der Waals surface area contributed by atoms with Crippen molar-refractivity contribution in [2.75, 3.05) is 5.75 Å². The second kappa shape index (κ2) is 12.0. The van der Waals surface area contributed by atoms with Crippen LogP contribution in [0.1, 0.15) is 45.3 Å². The highest BCUT2D eigenvalue weighted by Gasteiger charge is 2.33. The summed E-state index contributed by atoms with van der Waals surface area (Å²) in [6.45, 7) is 2.28. The van der Waals surface area contributed by atoms with Crippen molar-refractivity contribution in [2.24, 2.45) is 12.1 Å². The van der Waals surface area contributed by atoms with Crippen molar-refractivity contribution in [3.05, 3.63) is 111 Å². The maximum absolute atomic E-state index is 13.5. The van der Waals surface area contributed by atoms with Gasteiger partial charge in [0.1, 0.15) is 0 Å². The van der Waals surface area contributed by atoms with Crippen LogP contribution in [-0.4, -0.2) is 43.1 Å². The zero-order chi connectivity index (χ0) is 27.4. The van der Waals surface area contributed by atoms with Crippen LogP contribution in [0.5, 0.6) is 0 Å². The molecule has 0 saturated carbocycles. The Bertz CT molecular complexity index is 1500. The van der Waals surface area contributed by atoms with Crippen molar-refractivity contribution < 1.29 is 9.59 Å². The van der Waals surface area contributed by atoms with Crippen molar-refractivity contribution in [3.8, 4) is 0 Å². The molecule has 0 spiro atoms. The third kappa shape index (κ3) is 6.29. The minimum Gasteiger partial charge on any atom is -0.345 e. The lowest BCUT2D eigenvalue weighted by atomic mass is 9.98. The molecule has 0 unspecified atom stereocenters. The Morgan fingerprint density at radius 3 is 2.44 bits per heavy atom. The van der Waals surface area contributed by atoms with E-state index in [9.17, 15) is 9.59 Å². The number of amides is 2. The maximum atomic E-state index is 13.5. The van der Waals surface area contributed by atoms with E-state index in [4.69, 9.17) is 5.10 Å². The number of rotatable bonds is 8. The van der Waals surface area contributed by atoms with Gasteiger partial charge in [-0.25, -0.2) is 5.01 Å². The first-order valence-electron chi connectivity index (χ1n) is 12.5. The molecule has 0 fully saturated rings. The Balaban J connectivity index is 1.27. The van der Waals surface area contributed by atoms with Gasteiger partial charge in [-0.1, -0.05) is 87.9 Å². The molecule has 0 aliphatic carbocycles. The molecule has 5 rings (SSSR count). The highest BCUT2D eigenvalue weighted by atomic mass is 79.9. The van der Waals surface area contributed by atoms with Gasteiger partial charge < -0.3 is 9.88 Å². The first-order chi connectivity index (χ1) is 18.9. The third-order valence-electron chi connectivity index (χ3n) is 6.50. The van der Waals surface area contributed by atoms with E-state index in [0.717, 1.165) is 26.9 Å². The second-order valence-electron chi connectivity index (χ2n) is 9.22. The fraction of sp³-hybridized carbons (Fsp3) is 0.207. The molecule has 1 aromatic heterocycles. The van der Waals surface area contributed by atoms with Gasteiger partial charge in [0.25, 0.3) is 11.8 Å². The summed E-state index contributed by atoms with van der Waals surface area (Å²) in [5.41, 5.74) is 4.66. The zero-order valence-corrected chi connectivity index (χ0v) is 23.9. The molecule has 8 nitrogen and oxygen atoms in total. The molecule has 1 N–H and O–H groups in total. The minimum absolute atomic E-state index is 0.111. The number of hydrogen-bond donors (Lipinski definition) is 1. The number of carbonyl (C=O) groups excluding carboxylic acids is 2. The van der Waals surface area contributed by atoms with Crippen LogP contribution in [-0.2, 0) is 18.4 Å². The van der Waals surface area contributed by atoms with Crippen LogP contribution < -0.4 is 5.32 Å². The van der Waals surface area contributed by atoms with Crippen LogP contribution in [0.25, 0.3) is 0 Å². The van der Waals surface area contributed by atoms with E-state index in [-0.39, 0.29) is 30.2 Å². The number of nitrogens with zero attached hydrogens (tertiary/aromatic N) is 5. The minimum atomic E-state index is -0.182. The van der Waals surface area contributed by atoms with Crippen LogP contribution in [0, 0.1) is 6.92 Å². The molecule has 0 saturated heterocycles. The summed E-state index contributed by atoms with van der Waals surface area (Å²) < 4.78 is 2.79. The van der Waals surface area contributed by atoms with Gasteiger partial charge >= 0.3 is 0 Å². The molecule has 2 amide bonds. The van der Waals surface area contributed by atoms with E-state index in [0.29, 0.717) is 23.0 Å². The van der Waals surface area contributed by atoms with Crippen LogP contribution in [0.3, 0.4) is 0 Å². The van der Waals surface area contributed by atoms with E-state index in [1.165, 1.54) is 11.8 Å². The molecule has 2 heterocycles. The van der Waals surface area contributed by atoms with Gasteiger partial charge in [-0.2, -0.15) is 5.10 Å². The smallest absolute Gasteiger partial charge is 0.253 e. The fourth-order valence-electron chi connectivity index (χ4n) is 4.27. The predicted octanol–water partition coefficient (Wildman–Crippen LogP) is 5.29. The van der Waals surface area contributed by atoms with Crippen LogP contribution in [0.2, 0.25) is 0 Å². The van der Waals surface area contributed by atoms with E-state index in [1.54, 1.807) is 21.7 Å². The van der Waals surface area contributed by atoms with Crippen molar-refractivity contribution >= 4 is 45.2 Å². The Kier molecular flexibility index (Phi) is 8.23. The lowest BCUT2D eigenvalue weighted by Crippen LogP contribution is -2.28. The Labute approximate surface area is 239 Å². The lowest BCUT2D eigenvalue weighted by Gasteiger charge is -2.22. The first kappa shape index (κ1) is 26.8. The number of hydrogen-bond acceptors (Lipinski definition) is 6. The molecule has 1 aliphatic rings. The maximum Gasteiger partial charge on any atom is 0.253 e. The SMILES string of the molecule is Cc1ccc([C@H]2CC(c3ccc(Br)cc3)=NN2C(=O)CSc2nnc(CNC(=O)c3ccccc3)n2C)cc1. The molecule has 1 aliphatic heterocycles. The molecular weight excluding hydrogens is 576 g/mol. The molecule has 1 atom stereocenters. The van der Waals surface area contributed by atoms with Gasteiger partial charge in [-0.3, -0.25) is 9.59 Å². The van der Waals surface area contributed by atoms with Gasteiger partial charge in [0, 0.05) is 23.5 Å². The Morgan fingerprint density at radius 2 is 1.72 bits per heavy atom. The number of halogens is 1. The van der Waals surface area contributed by atoms with E-state index in [2.05, 4.69) is 55.7 Å². The van der Waals surface area contributed by atoms with Crippen molar-refractivity contribution in [3.63, 3.8) is 0 Å². The Morgan fingerprint density at radius 1 is 1.00 bits per heavy atom. The molecule has 4 aromatic rings. The largest absolute Gasteiger partial charge is 0.345 e. The number of carbonyl (C=O) groups is 2. The van der Waals surface area contributed by atoms with E-state index in [1.807, 2.05) is 56.4 Å². The van der Waals surface area contributed by atoms with Crippen molar-refractivity contribution in [1.82, 2.24) is 25.1 Å². The number of hydrazone groups is 1. The molecule has 0 bridgehead atoms. The Hall–Kier alpha value is -3.76. The predicted molar refractivity (Wildman–Crippen MR) is 155 cm³/mol. The van der Waals surface area contributed by atoms with E-state index >= 15 is 0 Å². The molecule has 10 heteroatoms. The number of aromatic nitrogens is 3. The number of thioether (sulfide) groups is 1. The zero-order valence-electron chi connectivity index (χ0n) is 21.5. The summed E-state index contributed by atoms with van der Waals surface area (Å²) >= 11 is 4.78.